The number of ether oxygens (including phenoxy) is 2. The molecule has 24 heavy (non-hydrogen) atoms. The molecule has 1 unspecified atom stereocenters. The molecule has 128 valence electrons. The van der Waals surface area contributed by atoms with Gasteiger partial charge in [0.2, 0.25) is 0 Å². The molecule has 2 aromatic rings. The first-order chi connectivity index (χ1) is 11.7. The number of likely N-dealkylation sites (tertiary alicyclic amines) is 1. The van der Waals surface area contributed by atoms with E-state index in [0.29, 0.717) is 13.2 Å². The van der Waals surface area contributed by atoms with Crippen LogP contribution in [0.2, 0.25) is 0 Å². The molecule has 1 aliphatic rings. The van der Waals surface area contributed by atoms with Crippen molar-refractivity contribution < 1.29 is 14.3 Å². The Morgan fingerprint density at radius 3 is 2.58 bits per heavy atom. The van der Waals surface area contributed by atoms with E-state index in [4.69, 9.17) is 9.47 Å². The highest BCUT2D eigenvalue weighted by Gasteiger charge is 2.22. The molecule has 1 aliphatic heterocycles. The van der Waals surface area contributed by atoms with Crippen molar-refractivity contribution in [3.63, 3.8) is 0 Å². The Morgan fingerprint density at radius 2 is 1.79 bits per heavy atom. The van der Waals surface area contributed by atoms with E-state index in [0.717, 1.165) is 24.2 Å². The standard InChI is InChI=1S/C20H25NO3/c1-16(22)23-14-18(21-12-5-2-6-13-21)15-24-20-11-7-9-17-8-3-4-10-19(17)20/h3-4,7-11,18H,2,5-6,12-15H2,1H3. The molecule has 3 rings (SSSR count). The van der Waals surface area contributed by atoms with Crippen LogP contribution in [0.5, 0.6) is 5.75 Å². The van der Waals surface area contributed by atoms with Crippen LogP contribution in [0.15, 0.2) is 42.5 Å². The zero-order valence-corrected chi connectivity index (χ0v) is 14.2. The third-order valence-electron chi connectivity index (χ3n) is 4.57. The van der Waals surface area contributed by atoms with Crippen molar-refractivity contribution in [3.8, 4) is 5.75 Å². The molecular formula is C20H25NO3. The van der Waals surface area contributed by atoms with Gasteiger partial charge in [-0.3, -0.25) is 9.69 Å². The maximum absolute atomic E-state index is 11.2. The molecule has 1 saturated heterocycles. The number of carbonyl (C=O) groups is 1. The lowest BCUT2D eigenvalue weighted by Gasteiger charge is -2.34. The van der Waals surface area contributed by atoms with E-state index in [1.165, 1.54) is 31.6 Å². The second kappa shape index (κ2) is 8.15. The Bertz CT molecular complexity index is 674. The van der Waals surface area contributed by atoms with E-state index in [-0.39, 0.29) is 12.0 Å². The summed E-state index contributed by atoms with van der Waals surface area (Å²) in [6.45, 7) is 4.47. The quantitative estimate of drug-likeness (QED) is 0.759. The van der Waals surface area contributed by atoms with Gasteiger partial charge in [-0.1, -0.05) is 42.8 Å². The van der Waals surface area contributed by atoms with E-state index >= 15 is 0 Å². The minimum atomic E-state index is -0.234. The van der Waals surface area contributed by atoms with E-state index in [1.54, 1.807) is 0 Å². The topological polar surface area (TPSA) is 38.8 Å². The third kappa shape index (κ3) is 4.26. The van der Waals surface area contributed by atoms with Gasteiger partial charge in [0.15, 0.2) is 0 Å². The van der Waals surface area contributed by atoms with Gasteiger partial charge in [0.05, 0.1) is 6.04 Å². The number of benzene rings is 2. The molecule has 0 aromatic heterocycles. The van der Waals surface area contributed by atoms with Gasteiger partial charge in [0.1, 0.15) is 19.0 Å². The number of carbonyl (C=O) groups excluding carboxylic acids is 1. The Kier molecular flexibility index (Phi) is 5.70. The maximum Gasteiger partial charge on any atom is 0.302 e. The van der Waals surface area contributed by atoms with Gasteiger partial charge in [0, 0.05) is 12.3 Å². The monoisotopic (exact) mass is 327 g/mol. The van der Waals surface area contributed by atoms with Crippen LogP contribution >= 0.6 is 0 Å². The second-order valence-electron chi connectivity index (χ2n) is 6.34. The number of fused-ring (bicyclic) bond motifs is 1. The third-order valence-corrected chi connectivity index (χ3v) is 4.57. The SMILES string of the molecule is CC(=O)OCC(COc1cccc2ccccc12)N1CCCCC1. The normalized spacial score (nSPS) is 16.7. The summed E-state index contributed by atoms with van der Waals surface area (Å²) in [5, 5.41) is 2.29. The van der Waals surface area contributed by atoms with Crippen LogP contribution in [-0.4, -0.2) is 43.2 Å². The number of hydrogen-bond acceptors (Lipinski definition) is 4. The molecule has 1 heterocycles. The molecule has 2 aromatic carbocycles. The number of hydrogen-bond donors (Lipinski definition) is 0. The summed E-state index contributed by atoms with van der Waals surface area (Å²) in [6, 6.07) is 14.4. The lowest BCUT2D eigenvalue weighted by Crippen LogP contribution is -2.45. The molecule has 1 atom stereocenters. The fraction of sp³-hybridized carbons (Fsp3) is 0.450. The van der Waals surface area contributed by atoms with Crippen LogP contribution in [0.3, 0.4) is 0 Å². The molecule has 4 nitrogen and oxygen atoms in total. The highest BCUT2D eigenvalue weighted by atomic mass is 16.5. The first-order valence-electron chi connectivity index (χ1n) is 8.72. The van der Waals surface area contributed by atoms with Gasteiger partial charge in [0.25, 0.3) is 0 Å². The largest absolute Gasteiger partial charge is 0.491 e. The zero-order chi connectivity index (χ0) is 16.8. The van der Waals surface area contributed by atoms with Gasteiger partial charge in [-0.05, 0) is 37.4 Å². The maximum atomic E-state index is 11.2. The van der Waals surface area contributed by atoms with Gasteiger partial charge >= 0.3 is 5.97 Å². The lowest BCUT2D eigenvalue weighted by atomic mass is 10.1. The summed E-state index contributed by atoms with van der Waals surface area (Å²) < 4.78 is 11.4. The molecule has 0 amide bonds. The summed E-state index contributed by atoms with van der Waals surface area (Å²) >= 11 is 0. The van der Waals surface area contributed by atoms with Crippen molar-refractivity contribution in [1.29, 1.82) is 0 Å². The van der Waals surface area contributed by atoms with Crippen molar-refractivity contribution in [2.75, 3.05) is 26.3 Å². The van der Waals surface area contributed by atoms with Gasteiger partial charge in [-0.25, -0.2) is 0 Å². The average Bonchev–Trinajstić information content (AvgIpc) is 2.62. The van der Waals surface area contributed by atoms with Crippen LogP contribution in [0.4, 0.5) is 0 Å². The second-order valence-corrected chi connectivity index (χ2v) is 6.34. The first-order valence-corrected chi connectivity index (χ1v) is 8.72. The predicted octanol–water partition coefficient (Wildman–Crippen LogP) is 3.64. The fourth-order valence-electron chi connectivity index (χ4n) is 3.26. The van der Waals surface area contributed by atoms with Crippen molar-refractivity contribution in [3.05, 3.63) is 42.5 Å². The molecule has 4 heteroatoms. The van der Waals surface area contributed by atoms with Crippen molar-refractivity contribution in [2.24, 2.45) is 0 Å². The fourth-order valence-corrected chi connectivity index (χ4v) is 3.26. The molecule has 0 saturated carbocycles. The van der Waals surface area contributed by atoms with Crippen molar-refractivity contribution >= 4 is 16.7 Å². The molecule has 0 N–H and O–H groups in total. The summed E-state index contributed by atoms with van der Waals surface area (Å²) in [4.78, 5) is 13.6. The molecule has 0 radical (unpaired) electrons. The van der Waals surface area contributed by atoms with E-state index in [1.807, 2.05) is 24.3 Å². The Morgan fingerprint density at radius 1 is 1.04 bits per heavy atom. The van der Waals surface area contributed by atoms with Crippen molar-refractivity contribution in [1.82, 2.24) is 4.90 Å². The number of piperidine rings is 1. The lowest BCUT2D eigenvalue weighted by molar-refractivity contribution is -0.143. The highest BCUT2D eigenvalue weighted by molar-refractivity contribution is 5.88. The van der Waals surface area contributed by atoms with Crippen LogP contribution in [0.1, 0.15) is 26.2 Å². The highest BCUT2D eigenvalue weighted by Crippen LogP contribution is 2.25. The summed E-state index contributed by atoms with van der Waals surface area (Å²) in [6.07, 6.45) is 3.68. The zero-order valence-electron chi connectivity index (χ0n) is 14.2. The van der Waals surface area contributed by atoms with Crippen LogP contribution in [0, 0.1) is 0 Å². The molecule has 0 aliphatic carbocycles. The van der Waals surface area contributed by atoms with Crippen LogP contribution in [0.25, 0.3) is 10.8 Å². The van der Waals surface area contributed by atoms with Crippen LogP contribution < -0.4 is 4.74 Å². The number of esters is 1. The van der Waals surface area contributed by atoms with Crippen molar-refractivity contribution in [2.45, 2.75) is 32.2 Å². The average molecular weight is 327 g/mol. The molecular weight excluding hydrogens is 302 g/mol. The predicted molar refractivity (Wildman–Crippen MR) is 95.3 cm³/mol. The van der Waals surface area contributed by atoms with E-state index < -0.39 is 0 Å². The Balaban J connectivity index is 1.70. The summed E-state index contributed by atoms with van der Waals surface area (Å²) in [7, 11) is 0. The number of nitrogens with zero attached hydrogens (tertiary/aromatic N) is 1. The minimum Gasteiger partial charge on any atom is -0.491 e. The van der Waals surface area contributed by atoms with E-state index in [2.05, 4.69) is 23.1 Å². The Hall–Kier alpha value is -2.07. The molecule has 0 bridgehead atoms. The number of rotatable bonds is 6. The molecule has 1 fully saturated rings. The molecule has 0 spiro atoms. The summed E-state index contributed by atoms with van der Waals surface area (Å²) in [5.74, 6) is 0.653. The van der Waals surface area contributed by atoms with E-state index in [9.17, 15) is 4.79 Å². The smallest absolute Gasteiger partial charge is 0.302 e. The van der Waals surface area contributed by atoms with Crippen LogP contribution in [-0.2, 0) is 9.53 Å². The van der Waals surface area contributed by atoms with Gasteiger partial charge in [-0.2, -0.15) is 0 Å². The summed E-state index contributed by atoms with van der Waals surface area (Å²) in [5.41, 5.74) is 0. The minimum absolute atomic E-state index is 0.105. The first kappa shape index (κ1) is 16.8. The van der Waals surface area contributed by atoms with Gasteiger partial charge < -0.3 is 9.47 Å². The Labute approximate surface area is 143 Å². The van der Waals surface area contributed by atoms with Gasteiger partial charge in [-0.15, -0.1) is 0 Å².